The Bertz CT molecular complexity index is 563. The van der Waals surface area contributed by atoms with Crippen molar-refractivity contribution in [3.8, 4) is 0 Å². The Labute approximate surface area is 118 Å². The molecule has 0 unspecified atom stereocenters. The van der Waals surface area contributed by atoms with E-state index in [1.165, 1.54) is 28.6 Å². The summed E-state index contributed by atoms with van der Waals surface area (Å²) in [6.45, 7) is 1.15. The Morgan fingerprint density at radius 2 is 1.80 bits per heavy atom. The molecule has 0 saturated carbocycles. The maximum Gasteiger partial charge on any atom is 0.251 e. The van der Waals surface area contributed by atoms with Crippen LogP contribution in [0.4, 0.5) is 0 Å². The molecule has 2 rings (SSSR count). The molecule has 1 aromatic carbocycles. The molecule has 0 atom stereocenters. The van der Waals surface area contributed by atoms with Crippen LogP contribution in [0.3, 0.4) is 0 Å². The summed E-state index contributed by atoms with van der Waals surface area (Å²) in [6, 6.07) is 5.86. The molecular formula is C13H18N2O4S. The van der Waals surface area contributed by atoms with E-state index in [0.29, 0.717) is 18.7 Å². The third kappa shape index (κ3) is 3.17. The number of aliphatic hydroxyl groups excluding tert-OH is 1. The molecule has 6 nitrogen and oxygen atoms in total. The smallest absolute Gasteiger partial charge is 0.251 e. The molecule has 1 aliphatic rings. The number of hydrogen-bond acceptors (Lipinski definition) is 4. The van der Waals surface area contributed by atoms with E-state index in [4.69, 9.17) is 5.11 Å². The Kier molecular flexibility index (Phi) is 4.74. The SMILES string of the molecule is O=C(NCCO)c1ccc(S(=O)(=O)N2CCCC2)cc1. The Hall–Kier alpha value is -1.44. The number of rotatable bonds is 5. The molecule has 1 fully saturated rings. The van der Waals surface area contributed by atoms with Gasteiger partial charge in [0.05, 0.1) is 11.5 Å². The number of amides is 1. The number of sulfonamides is 1. The van der Waals surface area contributed by atoms with Crippen molar-refractivity contribution in [3.63, 3.8) is 0 Å². The number of aliphatic hydroxyl groups is 1. The van der Waals surface area contributed by atoms with Crippen LogP contribution in [0.5, 0.6) is 0 Å². The second-order valence-electron chi connectivity index (χ2n) is 4.62. The first kappa shape index (κ1) is 15.0. The zero-order valence-corrected chi connectivity index (χ0v) is 11.9. The first-order valence-corrected chi connectivity index (χ1v) is 7.99. The van der Waals surface area contributed by atoms with Gasteiger partial charge in [0.25, 0.3) is 5.91 Å². The highest BCUT2D eigenvalue weighted by molar-refractivity contribution is 7.89. The van der Waals surface area contributed by atoms with E-state index >= 15 is 0 Å². The molecule has 1 saturated heterocycles. The van der Waals surface area contributed by atoms with Crippen molar-refractivity contribution < 1.29 is 18.3 Å². The Morgan fingerprint density at radius 1 is 1.20 bits per heavy atom. The van der Waals surface area contributed by atoms with E-state index < -0.39 is 10.0 Å². The van der Waals surface area contributed by atoms with Crippen LogP contribution in [0, 0.1) is 0 Å². The third-order valence-corrected chi connectivity index (χ3v) is 5.13. The molecule has 0 bridgehead atoms. The Morgan fingerprint density at radius 3 is 2.35 bits per heavy atom. The van der Waals surface area contributed by atoms with E-state index in [0.717, 1.165) is 12.8 Å². The third-order valence-electron chi connectivity index (χ3n) is 3.22. The standard InChI is InChI=1S/C13H18N2O4S/c16-10-7-14-13(17)11-3-5-12(6-4-11)20(18,19)15-8-1-2-9-15/h3-6,16H,1-2,7-10H2,(H,14,17). The largest absolute Gasteiger partial charge is 0.395 e. The van der Waals surface area contributed by atoms with Gasteiger partial charge in [-0.3, -0.25) is 4.79 Å². The maximum atomic E-state index is 12.3. The summed E-state index contributed by atoms with van der Waals surface area (Å²) >= 11 is 0. The number of nitrogens with one attached hydrogen (secondary N) is 1. The molecule has 0 aromatic heterocycles. The number of nitrogens with zero attached hydrogens (tertiary/aromatic N) is 1. The molecule has 1 aliphatic heterocycles. The highest BCUT2D eigenvalue weighted by Crippen LogP contribution is 2.20. The summed E-state index contributed by atoms with van der Waals surface area (Å²) in [6.07, 6.45) is 1.78. The predicted octanol–water partition coefficient (Wildman–Crippen LogP) is 0.193. The monoisotopic (exact) mass is 298 g/mol. The van der Waals surface area contributed by atoms with Crippen LogP contribution in [0.2, 0.25) is 0 Å². The molecule has 110 valence electrons. The topological polar surface area (TPSA) is 86.7 Å². The van der Waals surface area contributed by atoms with Crippen molar-refractivity contribution in [2.75, 3.05) is 26.2 Å². The first-order valence-electron chi connectivity index (χ1n) is 6.55. The highest BCUT2D eigenvalue weighted by atomic mass is 32.2. The van der Waals surface area contributed by atoms with Crippen LogP contribution in [-0.2, 0) is 10.0 Å². The Balaban J connectivity index is 2.13. The molecule has 0 spiro atoms. The minimum atomic E-state index is -3.44. The summed E-state index contributed by atoms with van der Waals surface area (Å²) < 4.78 is 26.0. The van der Waals surface area contributed by atoms with Crippen LogP contribution >= 0.6 is 0 Å². The van der Waals surface area contributed by atoms with Crippen LogP contribution in [-0.4, -0.2) is 50.0 Å². The van der Waals surface area contributed by atoms with Gasteiger partial charge in [-0.15, -0.1) is 0 Å². The second kappa shape index (κ2) is 6.34. The van der Waals surface area contributed by atoms with Crippen molar-refractivity contribution in [2.24, 2.45) is 0 Å². The van der Waals surface area contributed by atoms with Crippen molar-refractivity contribution in [3.05, 3.63) is 29.8 Å². The lowest BCUT2D eigenvalue weighted by atomic mass is 10.2. The maximum absolute atomic E-state index is 12.3. The van der Waals surface area contributed by atoms with Gasteiger partial charge in [0.1, 0.15) is 0 Å². The van der Waals surface area contributed by atoms with Crippen LogP contribution in [0.1, 0.15) is 23.2 Å². The average molecular weight is 298 g/mol. The van der Waals surface area contributed by atoms with Crippen LogP contribution < -0.4 is 5.32 Å². The van der Waals surface area contributed by atoms with Crippen LogP contribution in [0.25, 0.3) is 0 Å². The fourth-order valence-corrected chi connectivity index (χ4v) is 3.64. The fourth-order valence-electron chi connectivity index (χ4n) is 2.13. The zero-order chi connectivity index (χ0) is 14.6. The lowest BCUT2D eigenvalue weighted by Crippen LogP contribution is -2.28. The molecule has 7 heteroatoms. The molecule has 1 amide bonds. The van der Waals surface area contributed by atoms with E-state index in [2.05, 4.69) is 5.32 Å². The number of hydrogen-bond donors (Lipinski definition) is 2. The lowest BCUT2D eigenvalue weighted by Gasteiger charge is -2.15. The van der Waals surface area contributed by atoms with Crippen molar-refractivity contribution in [1.29, 1.82) is 0 Å². The van der Waals surface area contributed by atoms with E-state index in [-0.39, 0.29) is 24.0 Å². The normalized spacial score (nSPS) is 16.2. The van der Waals surface area contributed by atoms with Gasteiger partial charge in [-0.2, -0.15) is 4.31 Å². The summed E-state index contributed by atoms with van der Waals surface area (Å²) in [7, 11) is -3.44. The highest BCUT2D eigenvalue weighted by Gasteiger charge is 2.27. The lowest BCUT2D eigenvalue weighted by molar-refractivity contribution is 0.0944. The first-order chi connectivity index (χ1) is 9.55. The van der Waals surface area contributed by atoms with Gasteiger partial charge in [-0.1, -0.05) is 0 Å². The molecule has 1 aromatic rings. The van der Waals surface area contributed by atoms with Gasteiger partial charge in [0.15, 0.2) is 0 Å². The predicted molar refractivity (Wildman–Crippen MR) is 73.9 cm³/mol. The van der Waals surface area contributed by atoms with Crippen LogP contribution in [0.15, 0.2) is 29.2 Å². The second-order valence-corrected chi connectivity index (χ2v) is 6.55. The molecule has 0 aliphatic carbocycles. The van der Waals surface area contributed by atoms with E-state index in [1.54, 1.807) is 0 Å². The van der Waals surface area contributed by atoms with E-state index in [9.17, 15) is 13.2 Å². The average Bonchev–Trinajstić information content (AvgIpc) is 3.00. The van der Waals surface area contributed by atoms with Gasteiger partial charge in [0.2, 0.25) is 10.0 Å². The van der Waals surface area contributed by atoms with Gasteiger partial charge < -0.3 is 10.4 Å². The van der Waals surface area contributed by atoms with Gasteiger partial charge in [-0.05, 0) is 37.1 Å². The minimum Gasteiger partial charge on any atom is -0.395 e. The zero-order valence-electron chi connectivity index (χ0n) is 11.1. The van der Waals surface area contributed by atoms with E-state index in [1.807, 2.05) is 0 Å². The molecular weight excluding hydrogens is 280 g/mol. The van der Waals surface area contributed by atoms with Gasteiger partial charge in [-0.25, -0.2) is 8.42 Å². The number of benzene rings is 1. The summed E-state index contributed by atoms with van der Waals surface area (Å²) in [5, 5.41) is 11.1. The molecule has 0 radical (unpaired) electrons. The fraction of sp³-hybridized carbons (Fsp3) is 0.462. The van der Waals surface area contributed by atoms with Crippen molar-refractivity contribution >= 4 is 15.9 Å². The molecule has 1 heterocycles. The minimum absolute atomic E-state index is 0.132. The summed E-state index contributed by atoms with van der Waals surface area (Å²) in [5.74, 6) is -0.329. The summed E-state index contributed by atoms with van der Waals surface area (Å²) in [4.78, 5) is 11.8. The number of carbonyl (C=O) groups excluding carboxylic acids is 1. The van der Waals surface area contributed by atoms with Crippen molar-refractivity contribution in [2.45, 2.75) is 17.7 Å². The summed E-state index contributed by atoms with van der Waals surface area (Å²) in [5.41, 5.74) is 0.374. The number of carbonyl (C=O) groups is 1. The molecule has 20 heavy (non-hydrogen) atoms. The molecule has 2 N–H and O–H groups in total. The van der Waals surface area contributed by atoms with Gasteiger partial charge >= 0.3 is 0 Å². The van der Waals surface area contributed by atoms with Gasteiger partial charge in [0, 0.05) is 25.2 Å². The van der Waals surface area contributed by atoms with Crippen molar-refractivity contribution in [1.82, 2.24) is 9.62 Å². The quantitative estimate of drug-likeness (QED) is 0.812.